The summed E-state index contributed by atoms with van der Waals surface area (Å²) in [5, 5.41) is 5.71. The fourth-order valence-electron chi connectivity index (χ4n) is 2.42. The van der Waals surface area contributed by atoms with Gasteiger partial charge in [-0.25, -0.2) is 0 Å². The van der Waals surface area contributed by atoms with Crippen molar-refractivity contribution in [2.45, 2.75) is 20.0 Å². The zero-order chi connectivity index (χ0) is 14.7. The highest BCUT2D eigenvalue weighted by Crippen LogP contribution is 2.18. The molecule has 0 radical (unpaired) electrons. The summed E-state index contributed by atoms with van der Waals surface area (Å²) in [6, 6.07) is 11.6. The van der Waals surface area contributed by atoms with Crippen LogP contribution < -0.4 is 10.9 Å². The molecule has 2 aromatic heterocycles. The maximum atomic E-state index is 11.6. The molecule has 3 rings (SSSR count). The number of benzene rings is 1. The molecule has 21 heavy (non-hydrogen) atoms. The Balaban J connectivity index is 1.85. The average molecular weight is 279 g/mol. The van der Waals surface area contributed by atoms with Gasteiger partial charge in [-0.15, -0.1) is 0 Å². The third kappa shape index (κ3) is 2.79. The molecule has 106 valence electrons. The highest BCUT2D eigenvalue weighted by Gasteiger charge is 2.01. The number of fused-ring (bicyclic) bond motifs is 1. The van der Waals surface area contributed by atoms with E-state index in [0.29, 0.717) is 13.1 Å². The highest BCUT2D eigenvalue weighted by atomic mass is 16.1. The fourth-order valence-corrected chi connectivity index (χ4v) is 2.42. The molecule has 0 saturated heterocycles. The van der Waals surface area contributed by atoms with Crippen LogP contribution in [0.15, 0.2) is 59.8 Å². The van der Waals surface area contributed by atoms with Gasteiger partial charge in [-0.05, 0) is 30.0 Å². The molecule has 0 aliphatic heterocycles. The van der Waals surface area contributed by atoms with E-state index in [4.69, 9.17) is 0 Å². The van der Waals surface area contributed by atoms with Gasteiger partial charge in [0.25, 0.3) is 5.56 Å². The Hall–Kier alpha value is -2.62. The Labute approximate surface area is 123 Å². The lowest BCUT2D eigenvalue weighted by atomic mass is 10.1. The van der Waals surface area contributed by atoms with Crippen molar-refractivity contribution in [3.05, 3.63) is 70.9 Å². The van der Waals surface area contributed by atoms with Gasteiger partial charge in [0.05, 0.1) is 5.69 Å². The van der Waals surface area contributed by atoms with Crippen molar-refractivity contribution >= 4 is 16.5 Å². The van der Waals surface area contributed by atoms with Crippen LogP contribution >= 0.6 is 0 Å². The molecule has 0 aliphatic rings. The molecular weight excluding hydrogens is 262 g/mol. The van der Waals surface area contributed by atoms with E-state index >= 15 is 0 Å². The Morgan fingerprint density at radius 1 is 1.19 bits per heavy atom. The number of aromatic nitrogens is 2. The van der Waals surface area contributed by atoms with Crippen LogP contribution in [0, 0.1) is 0 Å². The summed E-state index contributed by atoms with van der Waals surface area (Å²) in [5.41, 5.74) is 2.19. The topological polar surface area (TPSA) is 46.9 Å². The maximum Gasteiger partial charge on any atom is 0.250 e. The Morgan fingerprint density at radius 3 is 2.95 bits per heavy atom. The van der Waals surface area contributed by atoms with Crippen LogP contribution in [0.1, 0.15) is 12.5 Å². The zero-order valence-electron chi connectivity index (χ0n) is 11.9. The normalized spacial score (nSPS) is 10.7. The molecule has 0 amide bonds. The molecule has 1 aromatic carbocycles. The SMILES string of the molecule is CCn1cc(NCc2cccc3cnccc23)ccc1=O. The van der Waals surface area contributed by atoms with Gasteiger partial charge < -0.3 is 9.88 Å². The molecule has 3 aromatic rings. The molecule has 0 fully saturated rings. The van der Waals surface area contributed by atoms with E-state index in [-0.39, 0.29) is 5.56 Å². The summed E-state index contributed by atoms with van der Waals surface area (Å²) >= 11 is 0. The summed E-state index contributed by atoms with van der Waals surface area (Å²) in [6.07, 6.45) is 5.54. The van der Waals surface area contributed by atoms with Crippen molar-refractivity contribution in [1.29, 1.82) is 0 Å². The van der Waals surface area contributed by atoms with E-state index < -0.39 is 0 Å². The summed E-state index contributed by atoms with van der Waals surface area (Å²) in [7, 11) is 0. The van der Waals surface area contributed by atoms with Gasteiger partial charge >= 0.3 is 0 Å². The van der Waals surface area contributed by atoms with E-state index in [1.165, 1.54) is 10.9 Å². The number of hydrogen-bond donors (Lipinski definition) is 1. The van der Waals surface area contributed by atoms with Crippen LogP contribution in [-0.2, 0) is 13.1 Å². The molecule has 0 aliphatic carbocycles. The van der Waals surface area contributed by atoms with Crippen molar-refractivity contribution in [3.8, 4) is 0 Å². The maximum absolute atomic E-state index is 11.6. The number of rotatable bonds is 4. The van der Waals surface area contributed by atoms with E-state index in [1.54, 1.807) is 10.6 Å². The molecule has 2 heterocycles. The third-order valence-corrected chi connectivity index (χ3v) is 3.58. The second kappa shape index (κ2) is 5.79. The first-order valence-electron chi connectivity index (χ1n) is 7.04. The summed E-state index contributed by atoms with van der Waals surface area (Å²) in [5.74, 6) is 0. The van der Waals surface area contributed by atoms with E-state index in [0.717, 1.165) is 11.1 Å². The van der Waals surface area contributed by atoms with Crippen LogP contribution in [0.4, 0.5) is 5.69 Å². The van der Waals surface area contributed by atoms with Gasteiger partial charge in [-0.2, -0.15) is 0 Å². The molecule has 4 nitrogen and oxygen atoms in total. The first-order valence-corrected chi connectivity index (χ1v) is 7.04. The summed E-state index contributed by atoms with van der Waals surface area (Å²) in [6.45, 7) is 3.35. The second-order valence-corrected chi connectivity index (χ2v) is 4.91. The van der Waals surface area contributed by atoms with Crippen molar-refractivity contribution in [1.82, 2.24) is 9.55 Å². The monoisotopic (exact) mass is 279 g/mol. The molecule has 0 saturated carbocycles. The van der Waals surface area contributed by atoms with Crippen molar-refractivity contribution in [3.63, 3.8) is 0 Å². The number of nitrogens with one attached hydrogen (secondary N) is 1. The largest absolute Gasteiger partial charge is 0.380 e. The lowest BCUT2D eigenvalue weighted by Crippen LogP contribution is -2.17. The van der Waals surface area contributed by atoms with Gasteiger partial charge in [0.2, 0.25) is 0 Å². The van der Waals surface area contributed by atoms with E-state index in [2.05, 4.69) is 22.4 Å². The number of nitrogens with zero attached hydrogens (tertiary/aromatic N) is 2. The van der Waals surface area contributed by atoms with Crippen LogP contribution in [0.2, 0.25) is 0 Å². The van der Waals surface area contributed by atoms with Crippen LogP contribution in [-0.4, -0.2) is 9.55 Å². The molecule has 0 atom stereocenters. The molecule has 1 N–H and O–H groups in total. The minimum absolute atomic E-state index is 0.0271. The van der Waals surface area contributed by atoms with E-state index in [1.807, 2.05) is 43.7 Å². The minimum atomic E-state index is 0.0271. The Morgan fingerprint density at radius 2 is 2.10 bits per heavy atom. The molecule has 0 unspecified atom stereocenters. The van der Waals surface area contributed by atoms with Gasteiger partial charge in [0.1, 0.15) is 0 Å². The fraction of sp³-hybridized carbons (Fsp3) is 0.176. The lowest BCUT2D eigenvalue weighted by Gasteiger charge is -2.10. The van der Waals surface area contributed by atoms with Gasteiger partial charge in [-0.1, -0.05) is 18.2 Å². The Kier molecular flexibility index (Phi) is 3.69. The summed E-state index contributed by atoms with van der Waals surface area (Å²) < 4.78 is 1.69. The molecule has 4 heteroatoms. The highest BCUT2D eigenvalue weighted by molar-refractivity contribution is 5.84. The molecular formula is C17H17N3O. The Bertz CT molecular complexity index is 818. The molecule has 0 bridgehead atoms. The zero-order valence-corrected chi connectivity index (χ0v) is 11.9. The number of pyridine rings is 2. The lowest BCUT2D eigenvalue weighted by molar-refractivity contribution is 0.728. The van der Waals surface area contributed by atoms with Crippen molar-refractivity contribution in [2.24, 2.45) is 0 Å². The van der Waals surface area contributed by atoms with Crippen LogP contribution in [0.3, 0.4) is 0 Å². The standard InChI is InChI=1S/C17H17N3O/c1-2-20-12-15(6-7-17(20)21)19-11-14-5-3-4-13-10-18-9-8-16(13)14/h3-10,12,19H,2,11H2,1H3. The number of anilines is 1. The number of aryl methyl sites for hydroxylation is 1. The van der Waals surface area contributed by atoms with Crippen molar-refractivity contribution < 1.29 is 0 Å². The predicted molar refractivity (Wildman–Crippen MR) is 85.4 cm³/mol. The van der Waals surface area contributed by atoms with Crippen LogP contribution in [0.5, 0.6) is 0 Å². The average Bonchev–Trinajstić information content (AvgIpc) is 2.54. The molecule has 0 spiro atoms. The van der Waals surface area contributed by atoms with Gasteiger partial charge in [0, 0.05) is 43.1 Å². The number of hydrogen-bond acceptors (Lipinski definition) is 3. The van der Waals surface area contributed by atoms with Gasteiger partial charge in [0.15, 0.2) is 0 Å². The smallest absolute Gasteiger partial charge is 0.250 e. The second-order valence-electron chi connectivity index (χ2n) is 4.91. The van der Waals surface area contributed by atoms with Crippen LogP contribution in [0.25, 0.3) is 10.8 Å². The minimum Gasteiger partial charge on any atom is -0.380 e. The third-order valence-electron chi connectivity index (χ3n) is 3.58. The van der Waals surface area contributed by atoms with Gasteiger partial charge in [-0.3, -0.25) is 9.78 Å². The van der Waals surface area contributed by atoms with Crippen molar-refractivity contribution in [2.75, 3.05) is 5.32 Å². The quantitative estimate of drug-likeness (QED) is 0.798. The predicted octanol–water partition coefficient (Wildman–Crippen LogP) is 3.03. The van der Waals surface area contributed by atoms with E-state index in [9.17, 15) is 4.79 Å². The first-order chi connectivity index (χ1) is 10.3. The summed E-state index contributed by atoms with van der Waals surface area (Å²) in [4.78, 5) is 15.7. The first kappa shape index (κ1) is 13.4.